The lowest BCUT2D eigenvalue weighted by Crippen LogP contribution is -2.26. The molecule has 152 valence electrons. The lowest BCUT2D eigenvalue weighted by molar-refractivity contribution is 0.104. The number of fused-ring (bicyclic) bond motifs is 2. The number of hydrogen-bond acceptors (Lipinski definition) is 2. The third kappa shape index (κ3) is 3.54. The van der Waals surface area contributed by atoms with Gasteiger partial charge in [-0.15, -0.1) is 0 Å². The van der Waals surface area contributed by atoms with Crippen molar-refractivity contribution in [2.24, 2.45) is 5.92 Å². The maximum atomic E-state index is 13.7. The van der Waals surface area contributed by atoms with Crippen LogP contribution in [0.25, 0.3) is 21.7 Å². The van der Waals surface area contributed by atoms with Crippen LogP contribution in [0.3, 0.4) is 0 Å². The number of aromatic nitrogens is 1. The summed E-state index contributed by atoms with van der Waals surface area (Å²) in [4.78, 5) is 16.1. The molecule has 0 saturated carbocycles. The molecule has 30 heavy (non-hydrogen) atoms. The van der Waals surface area contributed by atoms with E-state index in [2.05, 4.69) is 53.0 Å². The Labute approximate surface area is 177 Å². The number of hydrogen-bond donors (Lipinski definition) is 0. The quantitative estimate of drug-likeness (QED) is 0.410. The van der Waals surface area contributed by atoms with Crippen LogP contribution < -0.4 is 0 Å². The van der Waals surface area contributed by atoms with Gasteiger partial charge in [-0.05, 0) is 49.2 Å². The Kier molecular flexibility index (Phi) is 5.14. The van der Waals surface area contributed by atoms with Crippen LogP contribution in [0.15, 0.2) is 72.9 Å². The molecule has 1 aromatic heterocycles. The second kappa shape index (κ2) is 8.08. The molecule has 0 spiro atoms. The molecule has 1 aliphatic rings. The average Bonchev–Trinajstić information content (AvgIpc) is 3.00. The van der Waals surface area contributed by atoms with Gasteiger partial charge in [0.15, 0.2) is 5.78 Å². The number of para-hydroxylation sites is 1. The highest BCUT2D eigenvalue weighted by molar-refractivity contribution is 6.21. The van der Waals surface area contributed by atoms with Crippen LogP contribution in [0.1, 0.15) is 35.2 Å². The molecule has 3 aromatic carbocycles. The summed E-state index contributed by atoms with van der Waals surface area (Å²) in [5.41, 5.74) is 2.75. The first-order valence-corrected chi connectivity index (χ1v) is 11.0. The molecule has 1 atom stereocenters. The molecule has 0 amide bonds. The molecule has 0 bridgehead atoms. The lowest BCUT2D eigenvalue weighted by Gasteiger charge is -2.20. The Hall–Kier alpha value is -2.91. The number of ketones is 1. The maximum absolute atomic E-state index is 13.7. The van der Waals surface area contributed by atoms with Gasteiger partial charge in [-0.3, -0.25) is 4.79 Å². The Morgan fingerprint density at radius 3 is 2.57 bits per heavy atom. The smallest absolute Gasteiger partial charge is 0.195 e. The highest BCUT2D eigenvalue weighted by Crippen LogP contribution is 2.29. The van der Waals surface area contributed by atoms with Crippen LogP contribution in [0.4, 0.5) is 0 Å². The van der Waals surface area contributed by atoms with Crippen LogP contribution in [0.2, 0.25) is 0 Å². The fourth-order valence-electron chi connectivity index (χ4n) is 5.01. The molecule has 0 aliphatic carbocycles. The Bertz CT molecular complexity index is 1200. The van der Waals surface area contributed by atoms with Crippen molar-refractivity contribution in [3.8, 4) is 0 Å². The van der Waals surface area contributed by atoms with Gasteiger partial charge in [-0.1, -0.05) is 67.1 Å². The van der Waals surface area contributed by atoms with Crippen LogP contribution in [-0.4, -0.2) is 35.4 Å². The number of likely N-dealkylation sites (tertiary alicyclic amines) is 1. The van der Waals surface area contributed by atoms with Crippen molar-refractivity contribution in [2.45, 2.75) is 25.8 Å². The first-order valence-electron chi connectivity index (χ1n) is 11.0. The fraction of sp³-hybridized carbons (Fsp3) is 0.296. The van der Waals surface area contributed by atoms with Crippen LogP contribution >= 0.6 is 0 Å². The van der Waals surface area contributed by atoms with Gasteiger partial charge in [0.1, 0.15) is 0 Å². The Morgan fingerprint density at radius 2 is 1.67 bits per heavy atom. The van der Waals surface area contributed by atoms with Crippen LogP contribution in [-0.2, 0) is 6.54 Å². The molecule has 3 heteroatoms. The zero-order valence-electron chi connectivity index (χ0n) is 17.6. The minimum Gasteiger partial charge on any atom is -0.346 e. The Balaban J connectivity index is 1.56. The van der Waals surface area contributed by atoms with Crippen molar-refractivity contribution in [3.05, 3.63) is 84.1 Å². The van der Waals surface area contributed by atoms with Gasteiger partial charge in [0.05, 0.1) is 0 Å². The summed E-state index contributed by atoms with van der Waals surface area (Å²) in [6.45, 7) is 3.28. The molecule has 1 saturated heterocycles. The van der Waals surface area contributed by atoms with E-state index in [1.165, 1.54) is 25.8 Å². The summed E-state index contributed by atoms with van der Waals surface area (Å²) in [6, 6.07) is 22.5. The van der Waals surface area contributed by atoms with Gasteiger partial charge in [-0.25, -0.2) is 0 Å². The van der Waals surface area contributed by atoms with E-state index in [0.29, 0.717) is 5.92 Å². The van der Waals surface area contributed by atoms with Crippen LogP contribution in [0.5, 0.6) is 0 Å². The van der Waals surface area contributed by atoms with Crippen LogP contribution in [0, 0.1) is 5.92 Å². The van der Waals surface area contributed by atoms with Gasteiger partial charge >= 0.3 is 0 Å². The van der Waals surface area contributed by atoms with Crippen molar-refractivity contribution >= 4 is 27.5 Å². The predicted molar refractivity (Wildman–Crippen MR) is 124 cm³/mol. The molecule has 0 radical (unpaired) electrons. The zero-order valence-corrected chi connectivity index (χ0v) is 17.6. The second-order valence-corrected chi connectivity index (χ2v) is 8.69. The van der Waals surface area contributed by atoms with Crippen molar-refractivity contribution in [1.82, 2.24) is 9.47 Å². The molecular weight excluding hydrogens is 368 g/mol. The third-order valence-corrected chi connectivity index (χ3v) is 6.49. The van der Waals surface area contributed by atoms with Crippen molar-refractivity contribution < 1.29 is 4.79 Å². The van der Waals surface area contributed by atoms with Crippen molar-refractivity contribution in [2.75, 3.05) is 20.1 Å². The predicted octanol–water partition coefficient (Wildman–Crippen LogP) is 5.76. The highest BCUT2D eigenvalue weighted by Gasteiger charge is 2.21. The first kappa shape index (κ1) is 19.1. The summed E-state index contributed by atoms with van der Waals surface area (Å²) in [7, 11) is 2.22. The molecule has 1 unspecified atom stereocenters. The van der Waals surface area contributed by atoms with E-state index in [0.717, 1.165) is 45.9 Å². The molecule has 3 nitrogen and oxygen atoms in total. The summed E-state index contributed by atoms with van der Waals surface area (Å²) < 4.78 is 2.32. The summed E-state index contributed by atoms with van der Waals surface area (Å²) in [6.07, 6.45) is 5.92. The van der Waals surface area contributed by atoms with E-state index in [1.807, 2.05) is 36.4 Å². The SMILES string of the molecule is CN1CCCCC(Cn2cc(C(=O)c3cccc4ccccc34)c3ccccc32)C1. The molecule has 5 rings (SSSR count). The molecule has 4 aromatic rings. The van der Waals surface area contributed by atoms with E-state index in [4.69, 9.17) is 0 Å². The summed E-state index contributed by atoms with van der Waals surface area (Å²) in [5.74, 6) is 0.730. The second-order valence-electron chi connectivity index (χ2n) is 8.69. The van der Waals surface area contributed by atoms with Gasteiger partial charge in [0.2, 0.25) is 0 Å². The lowest BCUT2D eigenvalue weighted by atomic mass is 9.97. The number of nitrogens with zero attached hydrogens (tertiary/aromatic N) is 2. The number of benzene rings is 3. The summed E-state index contributed by atoms with van der Waals surface area (Å²) in [5, 5.41) is 3.18. The van der Waals surface area contributed by atoms with E-state index in [-0.39, 0.29) is 5.78 Å². The molecule has 1 fully saturated rings. The fourth-order valence-corrected chi connectivity index (χ4v) is 5.01. The number of rotatable bonds is 4. The van der Waals surface area contributed by atoms with E-state index >= 15 is 0 Å². The number of carbonyl (C=O) groups is 1. The third-order valence-electron chi connectivity index (χ3n) is 6.49. The standard InChI is InChI=1S/C27H28N2O/c1-28-16-7-6-9-20(17-28)18-29-19-25(23-13-4-5-15-26(23)29)27(30)24-14-8-11-21-10-2-3-12-22(21)24/h2-5,8,10-15,19-20H,6-7,9,16-18H2,1H3. The van der Waals surface area contributed by atoms with Gasteiger partial charge in [0.25, 0.3) is 0 Å². The van der Waals surface area contributed by atoms with Gasteiger partial charge < -0.3 is 9.47 Å². The van der Waals surface area contributed by atoms with Gasteiger partial charge in [-0.2, -0.15) is 0 Å². The van der Waals surface area contributed by atoms with Crippen molar-refractivity contribution in [1.29, 1.82) is 0 Å². The monoisotopic (exact) mass is 396 g/mol. The van der Waals surface area contributed by atoms with E-state index < -0.39 is 0 Å². The minimum absolute atomic E-state index is 0.111. The molecule has 0 N–H and O–H groups in total. The molecule has 1 aliphatic heterocycles. The number of carbonyl (C=O) groups excluding carboxylic acids is 1. The first-order chi connectivity index (χ1) is 14.7. The van der Waals surface area contributed by atoms with Gasteiger partial charge in [0, 0.05) is 41.3 Å². The zero-order chi connectivity index (χ0) is 20.5. The van der Waals surface area contributed by atoms with Crippen molar-refractivity contribution in [3.63, 3.8) is 0 Å². The largest absolute Gasteiger partial charge is 0.346 e. The molecule has 2 heterocycles. The normalized spacial score (nSPS) is 18.0. The molecular formula is C27H28N2O. The average molecular weight is 397 g/mol. The Morgan fingerprint density at radius 1 is 0.900 bits per heavy atom. The summed E-state index contributed by atoms with van der Waals surface area (Å²) >= 11 is 0. The maximum Gasteiger partial charge on any atom is 0.195 e. The van der Waals surface area contributed by atoms with E-state index in [9.17, 15) is 4.79 Å². The topological polar surface area (TPSA) is 25.2 Å². The minimum atomic E-state index is 0.111. The van der Waals surface area contributed by atoms with E-state index in [1.54, 1.807) is 0 Å². The highest BCUT2D eigenvalue weighted by atomic mass is 16.1.